The molecule has 3 rings (SSSR count). The molecule has 0 radical (unpaired) electrons. The number of aromatic nitrogens is 2. The fourth-order valence-corrected chi connectivity index (χ4v) is 2.64. The van der Waals surface area contributed by atoms with Gasteiger partial charge >= 0.3 is 0 Å². The molecule has 5 heteroatoms. The van der Waals surface area contributed by atoms with Crippen LogP contribution in [0.2, 0.25) is 0 Å². The van der Waals surface area contributed by atoms with E-state index in [9.17, 15) is 0 Å². The molecule has 20 heavy (non-hydrogen) atoms. The van der Waals surface area contributed by atoms with Crippen molar-refractivity contribution in [3.8, 4) is 17.1 Å². The van der Waals surface area contributed by atoms with Crippen LogP contribution in [0, 0.1) is 0 Å². The van der Waals surface area contributed by atoms with Crippen LogP contribution in [0.5, 0.6) is 5.75 Å². The van der Waals surface area contributed by atoms with Gasteiger partial charge in [0, 0.05) is 24.5 Å². The van der Waals surface area contributed by atoms with E-state index in [1.807, 2.05) is 43.6 Å². The number of ether oxygens (including phenoxy) is 1. The number of imidazole rings is 1. The quantitative estimate of drug-likeness (QED) is 0.793. The molecule has 0 saturated carbocycles. The van der Waals surface area contributed by atoms with E-state index in [1.54, 1.807) is 7.11 Å². The third-order valence-electron chi connectivity index (χ3n) is 3.22. The Labute approximate surface area is 125 Å². The molecule has 0 aliphatic rings. The van der Waals surface area contributed by atoms with Crippen LogP contribution in [0.3, 0.4) is 0 Å². The number of pyridine rings is 1. The number of hydrogen-bond donors (Lipinski definition) is 1. The van der Waals surface area contributed by atoms with E-state index in [0.717, 1.165) is 32.9 Å². The van der Waals surface area contributed by atoms with Crippen molar-refractivity contribution >= 4 is 27.1 Å². The third-order valence-corrected chi connectivity index (χ3v) is 3.80. The van der Waals surface area contributed by atoms with Gasteiger partial charge < -0.3 is 10.1 Å². The van der Waals surface area contributed by atoms with Crippen molar-refractivity contribution in [3.05, 3.63) is 47.2 Å². The number of benzene rings is 1. The maximum absolute atomic E-state index is 5.27. The van der Waals surface area contributed by atoms with Crippen LogP contribution in [0.25, 0.3) is 16.9 Å². The lowest BCUT2D eigenvalue weighted by Gasteiger charge is -2.05. The topological polar surface area (TPSA) is 38.6 Å². The summed E-state index contributed by atoms with van der Waals surface area (Å²) in [5.74, 6) is 1.70. The van der Waals surface area contributed by atoms with Crippen molar-refractivity contribution in [3.63, 3.8) is 0 Å². The van der Waals surface area contributed by atoms with Gasteiger partial charge in [-0.05, 0) is 40.2 Å². The van der Waals surface area contributed by atoms with E-state index in [4.69, 9.17) is 4.74 Å². The first-order valence-electron chi connectivity index (χ1n) is 6.22. The van der Waals surface area contributed by atoms with Gasteiger partial charge in [0.2, 0.25) is 0 Å². The number of rotatable bonds is 3. The van der Waals surface area contributed by atoms with Gasteiger partial charge in [0.25, 0.3) is 0 Å². The highest BCUT2D eigenvalue weighted by Crippen LogP contribution is 2.29. The summed E-state index contributed by atoms with van der Waals surface area (Å²) in [5, 5.41) is 3.13. The number of hydrogen-bond acceptors (Lipinski definition) is 3. The van der Waals surface area contributed by atoms with Crippen molar-refractivity contribution in [2.45, 2.75) is 0 Å². The van der Waals surface area contributed by atoms with Gasteiger partial charge in [0.1, 0.15) is 16.2 Å². The molecule has 0 fully saturated rings. The van der Waals surface area contributed by atoms with E-state index in [2.05, 4.69) is 36.7 Å². The lowest BCUT2D eigenvalue weighted by atomic mass is 10.2. The Morgan fingerprint density at radius 2 is 2.10 bits per heavy atom. The molecule has 0 unspecified atom stereocenters. The highest BCUT2D eigenvalue weighted by atomic mass is 79.9. The molecule has 4 nitrogen and oxygen atoms in total. The van der Waals surface area contributed by atoms with Gasteiger partial charge in [-0.25, -0.2) is 4.98 Å². The van der Waals surface area contributed by atoms with Gasteiger partial charge in [-0.3, -0.25) is 4.40 Å². The molecule has 1 aromatic carbocycles. The van der Waals surface area contributed by atoms with Gasteiger partial charge in [0.05, 0.1) is 12.6 Å². The second-order valence-corrected chi connectivity index (χ2v) is 5.13. The number of nitrogens with zero attached hydrogens (tertiary/aromatic N) is 2. The van der Waals surface area contributed by atoms with Crippen LogP contribution in [0.15, 0.2) is 47.2 Å². The van der Waals surface area contributed by atoms with Crippen LogP contribution >= 0.6 is 15.9 Å². The molecule has 0 amide bonds. The van der Waals surface area contributed by atoms with Crippen LogP contribution in [0.4, 0.5) is 5.69 Å². The van der Waals surface area contributed by atoms with E-state index in [0.29, 0.717) is 0 Å². The van der Waals surface area contributed by atoms with E-state index >= 15 is 0 Å². The SMILES string of the molecule is CNc1ccn2c(-c3cccc(OC)c3)nc(Br)c2c1. The lowest BCUT2D eigenvalue weighted by Crippen LogP contribution is -1.93. The molecule has 102 valence electrons. The summed E-state index contributed by atoms with van der Waals surface area (Å²) in [6.45, 7) is 0. The molecular weight excluding hydrogens is 318 g/mol. The van der Waals surface area contributed by atoms with Crippen molar-refractivity contribution < 1.29 is 4.74 Å². The number of halogens is 1. The molecular formula is C15H14BrN3O. The molecule has 0 atom stereocenters. The summed E-state index contributed by atoms with van der Waals surface area (Å²) in [5.41, 5.74) is 3.09. The van der Waals surface area contributed by atoms with Crippen molar-refractivity contribution in [2.24, 2.45) is 0 Å². The summed E-state index contributed by atoms with van der Waals surface area (Å²) >= 11 is 3.52. The van der Waals surface area contributed by atoms with Gasteiger partial charge in [-0.1, -0.05) is 12.1 Å². The largest absolute Gasteiger partial charge is 0.497 e. The monoisotopic (exact) mass is 331 g/mol. The summed E-state index contributed by atoms with van der Waals surface area (Å²) in [6, 6.07) is 12.0. The Bertz CT molecular complexity index is 767. The Kier molecular flexibility index (Phi) is 3.36. The molecule has 0 saturated heterocycles. The predicted molar refractivity (Wildman–Crippen MR) is 84.4 cm³/mol. The third kappa shape index (κ3) is 2.14. The average Bonchev–Trinajstić information content (AvgIpc) is 2.84. The summed E-state index contributed by atoms with van der Waals surface area (Å²) in [7, 11) is 3.57. The average molecular weight is 332 g/mol. The lowest BCUT2D eigenvalue weighted by molar-refractivity contribution is 0.415. The van der Waals surface area contributed by atoms with E-state index in [1.165, 1.54) is 0 Å². The van der Waals surface area contributed by atoms with Crippen molar-refractivity contribution in [1.82, 2.24) is 9.38 Å². The molecule has 0 spiro atoms. The number of nitrogens with one attached hydrogen (secondary N) is 1. The minimum Gasteiger partial charge on any atom is -0.497 e. The van der Waals surface area contributed by atoms with Crippen LogP contribution in [-0.2, 0) is 0 Å². The Hall–Kier alpha value is -2.01. The van der Waals surface area contributed by atoms with E-state index in [-0.39, 0.29) is 0 Å². The van der Waals surface area contributed by atoms with Crippen LogP contribution < -0.4 is 10.1 Å². The Balaban J connectivity index is 2.21. The molecule has 2 heterocycles. The minimum absolute atomic E-state index is 0.821. The molecule has 0 bridgehead atoms. The zero-order valence-corrected chi connectivity index (χ0v) is 12.8. The highest BCUT2D eigenvalue weighted by Gasteiger charge is 2.11. The first kappa shape index (κ1) is 13.0. The Morgan fingerprint density at radius 1 is 1.25 bits per heavy atom. The minimum atomic E-state index is 0.821. The fraction of sp³-hybridized carbons (Fsp3) is 0.133. The fourth-order valence-electron chi connectivity index (χ4n) is 2.17. The highest BCUT2D eigenvalue weighted by molar-refractivity contribution is 9.10. The molecule has 1 N–H and O–H groups in total. The summed E-state index contributed by atoms with van der Waals surface area (Å²) in [6.07, 6.45) is 2.01. The van der Waals surface area contributed by atoms with Crippen molar-refractivity contribution in [2.75, 3.05) is 19.5 Å². The first-order valence-corrected chi connectivity index (χ1v) is 7.02. The van der Waals surface area contributed by atoms with Crippen molar-refractivity contribution in [1.29, 1.82) is 0 Å². The maximum atomic E-state index is 5.27. The smallest absolute Gasteiger partial charge is 0.146 e. The van der Waals surface area contributed by atoms with Crippen LogP contribution in [0.1, 0.15) is 0 Å². The van der Waals surface area contributed by atoms with Gasteiger partial charge in [-0.2, -0.15) is 0 Å². The van der Waals surface area contributed by atoms with Gasteiger partial charge in [0.15, 0.2) is 0 Å². The molecule has 3 aromatic rings. The predicted octanol–water partition coefficient (Wildman–Crippen LogP) is 3.81. The number of fused-ring (bicyclic) bond motifs is 1. The van der Waals surface area contributed by atoms with Gasteiger partial charge in [-0.15, -0.1) is 0 Å². The second-order valence-electron chi connectivity index (χ2n) is 4.38. The first-order chi connectivity index (χ1) is 9.72. The Morgan fingerprint density at radius 3 is 2.85 bits per heavy atom. The van der Waals surface area contributed by atoms with Crippen LogP contribution in [-0.4, -0.2) is 23.5 Å². The molecule has 0 aliphatic carbocycles. The zero-order valence-electron chi connectivity index (χ0n) is 11.2. The molecule has 2 aromatic heterocycles. The maximum Gasteiger partial charge on any atom is 0.146 e. The molecule has 0 aliphatic heterocycles. The summed E-state index contributed by atoms with van der Waals surface area (Å²) < 4.78 is 8.15. The summed E-state index contributed by atoms with van der Waals surface area (Å²) in [4.78, 5) is 4.61. The standard InChI is InChI=1S/C15H14BrN3O/c1-17-11-6-7-19-13(9-11)14(16)18-15(19)10-4-3-5-12(8-10)20-2/h3-9,17H,1-2H3. The number of anilines is 1. The normalized spacial score (nSPS) is 10.8. The number of methoxy groups -OCH3 is 1. The van der Waals surface area contributed by atoms with E-state index < -0.39 is 0 Å². The second kappa shape index (κ2) is 5.17. The zero-order chi connectivity index (χ0) is 14.1.